The Morgan fingerprint density at radius 3 is 2.65 bits per heavy atom. The molecule has 84 valence electrons. The molecule has 1 N–H and O–H groups in total. The lowest BCUT2D eigenvalue weighted by molar-refractivity contribution is 0.555. The Kier molecular flexibility index (Phi) is 2.37. The van der Waals surface area contributed by atoms with Gasteiger partial charge < -0.3 is 4.42 Å². The van der Waals surface area contributed by atoms with Crippen LogP contribution in [0.25, 0.3) is 22.2 Å². The monoisotopic (exact) mass is 289 g/mol. The second-order valence-corrected chi connectivity index (χ2v) is 4.56. The average molecular weight is 290 g/mol. The highest BCUT2D eigenvalue weighted by atomic mass is 79.9. The molecule has 2 aromatic carbocycles. The first-order chi connectivity index (χ1) is 8.24. The smallest absolute Gasteiger partial charge is 0.408 e. The highest BCUT2D eigenvalue weighted by Gasteiger charge is 2.08. The van der Waals surface area contributed by atoms with E-state index in [2.05, 4.69) is 20.9 Å². The Bertz CT molecular complexity index is 728. The Labute approximate surface area is 105 Å². The lowest BCUT2D eigenvalue weighted by Gasteiger charge is -2.03. The first kappa shape index (κ1) is 10.4. The summed E-state index contributed by atoms with van der Waals surface area (Å²) in [5.74, 6) is -0.433. The van der Waals surface area contributed by atoms with E-state index in [1.54, 1.807) is 0 Å². The third kappa shape index (κ3) is 1.80. The molecular formula is C13H8BrNO2. The molecule has 3 nitrogen and oxygen atoms in total. The van der Waals surface area contributed by atoms with Gasteiger partial charge in [-0.1, -0.05) is 46.3 Å². The first-order valence-electron chi connectivity index (χ1n) is 5.12. The zero-order valence-corrected chi connectivity index (χ0v) is 10.3. The SMILES string of the molecule is O=c1[nH]c2cc(Br)c(-c3ccccc3)cc2o1. The molecule has 0 saturated heterocycles. The fourth-order valence-corrected chi connectivity index (χ4v) is 2.38. The van der Waals surface area contributed by atoms with Gasteiger partial charge in [-0.15, -0.1) is 0 Å². The number of rotatable bonds is 1. The van der Waals surface area contributed by atoms with Crippen LogP contribution in [0.15, 0.2) is 56.1 Å². The van der Waals surface area contributed by atoms with Gasteiger partial charge in [0.15, 0.2) is 5.58 Å². The van der Waals surface area contributed by atoms with Gasteiger partial charge >= 0.3 is 5.76 Å². The number of oxazole rings is 1. The van der Waals surface area contributed by atoms with Crippen molar-refractivity contribution in [2.45, 2.75) is 0 Å². The summed E-state index contributed by atoms with van der Waals surface area (Å²) in [6, 6.07) is 13.6. The molecule has 1 aromatic heterocycles. The number of nitrogens with one attached hydrogen (secondary N) is 1. The van der Waals surface area contributed by atoms with Crippen molar-refractivity contribution in [1.82, 2.24) is 4.98 Å². The van der Waals surface area contributed by atoms with E-state index in [-0.39, 0.29) is 0 Å². The molecule has 0 radical (unpaired) electrons. The minimum absolute atomic E-state index is 0.433. The van der Waals surface area contributed by atoms with Crippen LogP contribution >= 0.6 is 15.9 Å². The van der Waals surface area contributed by atoms with E-state index in [4.69, 9.17) is 4.42 Å². The van der Waals surface area contributed by atoms with Crippen LogP contribution in [0.3, 0.4) is 0 Å². The van der Waals surface area contributed by atoms with Crippen molar-refractivity contribution in [3.63, 3.8) is 0 Å². The van der Waals surface area contributed by atoms with Crippen molar-refractivity contribution in [2.75, 3.05) is 0 Å². The van der Waals surface area contributed by atoms with Crippen molar-refractivity contribution < 1.29 is 4.42 Å². The molecule has 0 fully saturated rings. The van der Waals surface area contributed by atoms with Crippen LogP contribution in [0.4, 0.5) is 0 Å². The first-order valence-corrected chi connectivity index (χ1v) is 5.91. The molecule has 0 spiro atoms. The molecule has 3 rings (SSSR count). The van der Waals surface area contributed by atoms with Gasteiger partial charge in [0, 0.05) is 4.47 Å². The molecule has 0 saturated carbocycles. The van der Waals surface area contributed by atoms with E-state index < -0.39 is 5.76 Å². The third-order valence-corrected chi connectivity index (χ3v) is 3.25. The van der Waals surface area contributed by atoms with E-state index in [1.807, 2.05) is 42.5 Å². The fourth-order valence-electron chi connectivity index (χ4n) is 1.81. The van der Waals surface area contributed by atoms with Crippen molar-refractivity contribution in [2.24, 2.45) is 0 Å². The van der Waals surface area contributed by atoms with Gasteiger partial charge in [-0.3, -0.25) is 4.98 Å². The highest BCUT2D eigenvalue weighted by molar-refractivity contribution is 9.10. The Morgan fingerprint density at radius 1 is 1.12 bits per heavy atom. The van der Waals surface area contributed by atoms with Gasteiger partial charge in [-0.05, 0) is 23.3 Å². The number of aromatic nitrogens is 1. The minimum atomic E-state index is -0.433. The summed E-state index contributed by atoms with van der Waals surface area (Å²) in [4.78, 5) is 13.7. The maximum absolute atomic E-state index is 11.1. The van der Waals surface area contributed by atoms with Crippen LogP contribution in [0, 0.1) is 0 Å². The molecule has 0 amide bonds. The molecule has 0 aliphatic heterocycles. The summed E-state index contributed by atoms with van der Waals surface area (Å²) in [6.07, 6.45) is 0. The number of aromatic amines is 1. The number of benzene rings is 2. The number of hydrogen-bond donors (Lipinski definition) is 1. The van der Waals surface area contributed by atoms with E-state index in [0.29, 0.717) is 11.1 Å². The van der Waals surface area contributed by atoms with Crippen molar-refractivity contribution >= 4 is 27.0 Å². The topological polar surface area (TPSA) is 46.0 Å². The predicted octanol–water partition coefficient (Wildman–Crippen LogP) is 3.55. The summed E-state index contributed by atoms with van der Waals surface area (Å²) in [5.41, 5.74) is 3.34. The summed E-state index contributed by atoms with van der Waals surface area (Å²) < 4.78 is 5.98. The maximum Gasteiger partial charge on any atom is 0.417 e. The standard InChI is InChI=1S/C13H8BrNO2/c14-10-7-11-12(17-13(16)15-11)6-9(10)8-4-2-1-3-5-8/h1-7H,(H,15,16). The van der Waals surface area contributed by atoms with Crippen LogP contribution in [0.5, 0.6) is 0 Å². The zero-order valence-electron chi connectivity index (χ0n) is 8.74. The lowest BCUT2D eigenvalue weighted by Crippen LogP contribution is -1.92. The number of H-pyrrole nitrogens is 1. The molecule has 1 heterocycles. The van der Waals surface area contributed by atoms with Crippen LogP contribution in [0.1, 0.15) is 0 Å². The summed E-state index contributed by atoms with van der Waals surface area (Å²) in [7, 11) is 0. The Balaban J connectivity index is 2.30. The molecule has 17 heavy (non-hydrogen) atoms. The largest absolute Gasteiger partial charge is 0.417 e. The number of fused-ring (bicyclic) bond motifs is 1. The van der Waals surface area contributed by atoms with Gasteiger partial charge in [0.25, 0.3) is 0 Å². The second kappa shape index (κ2) is 3.89. The van der Waals surface area contributed by atoms with Gasteiger partial charge in [0.05, 0.1) is 5.52 Å². The normalized spacial score (nSPS) is 10.9. The Morgan fingerprint density at radius 2 is 1.88 bits per heavy atom. The van der Waals surface area contributed by atoms with Crippen LogP contribution in [0.2, 0.25) is 0 Å². The van der Waals surface area contributed by atoms with Crippen molar-refractivity contribution in [3.05, 3.63) is 57.5 Å². The van der Waals surface area contributed by atoms with Gasteiger partial charge in [0.2, 0.25) is 0 Å². The van der Waals surface area contributed by atoms with Crippen LogP contribution < -0.4 is 5.76 Å². The third-order valence-electron chi connectivity index (χ3n) is 2.59. The summed E-state index contributed by atoms with van der Waals surface area (Å²) >= 11 is 3.50. The Hall–Kier alpha value is -1.81. The molecule has 0 aliphatic carbocycles. The van der Waals surface area contributed by atoms with Gasteiger partial charge in [0.1, 0.15) is 0 Å². The van der Waals surface area contributed by atoms with E-state index in [9.17, 15) is 4.79 Å². The minimum Gasteiger partial charge on any atom is -0.408 e. The fraction of sp³-hybridized carbons (Fsp3) is 0. The molecule has 0 aliphatic rings. The van der Waals surface area contributed by atoms with Crippen molar-refractivity contribution in [3.8, 4) is 11.1 Å². The maximum atomic E-state index is 11.1. The number of hydrogen-bond acceptors (Lipinski definition) is 2. The average Bonchev–Trinajstić information content (AvgIpc) is 2.68. The molecule has 4 heteroatoms. The van der Waals surface area contributed by atoms with Crippen LogP contribution in [-0.2, 0) is 0 Å². The van der Waals surface area contributed by atoms with Gasteiger partial charge in [-0.2, -0.15) is 0 Å². The molecule has 0 bridgehead atoms. The van der Waals surface area contributed by atoms with Gasteiger partial charge in [-0.25, -0.2) is 4.79 Å². The van der Waals surface area contributed by atoms with E-state index in [1.165, 1.54) is 0 Å². The highest BCUT2D eigenvalue weighted by Crippen LogP contribution is 2.31. The lowest BCUT2D eigenvalue weighted by atomic mass is 10.1. The molecule has 3 aromatic rings. The number of halogens is 1. The zero-order chi connectivity index (χ0) is 11.8. The van der Waals surface area contributed by atoms with E-state index in [0.717, 1.165) is 15.6 Å². The molecular weight excluding hydrogens is 282 g/mol. The molecule has 0 unspecified atom stereocenters. The van der Waals surface area contributed by atoms with Crippen LogP contribution in [-0.4, -0.2) is 4.98 Å². The second-order valence-electron chi connectivity index (χ2n) is 3.71. The molecule has 0 atom stereocenters. The summed E-state index contributed by atoms with van der Waals surface area (Å²) in [5, 5.41) is 0. The van der Waals surface area contributed by atoms with Crippen molar-refractivity contribution in [1.29, 1.82) is 0 Å². The van der Waals surface area contributed by atoms with E-state index >= 15 is 0 Å². The predicted molar refractivity (Wildman–Crippen MR) is 70.0 cm³/mol. The quantitative estimate of drug-likeness (QED) is 0.745. The summed E-state index contributed by atoms with van der Waals surface area (Å²) in [6.45, 7) is 0.